The Labute approximate surface area is 142 Å². The van der Waals surface area contributed by atoms with E-state index in [2.05, 4.69) is 4.99 Å². The zero-order chi connectivity index (χ0) is 16.9. The number of rotatable bonds is 5. The predicted octanol–water partition coefficient (Wildman–Crippen LogP) is 4.51. The van der Waals surface area contributed by atoms with Crippen molar-refractivity contribution in [1.82, 2.24) is 0 Å². The molecule has 0 bridgehead atoms. The second kappa shape index (κ2) is 7.09. The van der Waals surface area contributed by atoms with Crippen molar-refractivity contribution in [1.29, 1.82) is 0 Å². The molecule has 0 amide bonds. The lowest BCUT2D eigenvalue weighted by atomic mass is 9.93. The number of hydrogen-bond acceptors (Lipinski definition) is 4. The molecule has 0 aliphatic carbocycles. The highest BCUT2D eigenvalue weighted by Gasteiger charge is 2.36. The second-order valence-electron chi connectivity index (χ2n) is 6.71. The third kappa shape index (κ3) is 5.32. The van der Waals surface area contributed by atoms with Gasteiger partial charge in [0.05, 0.1) is 0 Å². The third-order valence-electron chi connectivity index (χ3n) is 3.25. The summed E-state index contributed by atoms with van der Waals surface area (Å²) in [4.78, 5) is 18.3. The zero-order valence-corrected chi connectivity index (χ0v) is 14.9. The smallest absolute Gasteiger partial charge is 0.334 e. The molecule has 0 aliphatic heterocycles. The van der Waals surface area contributed by atoms with Crippen LogP contribution in [0.25, 0.3) is 0 Å². The molecule has 1 atom stereocenters. The molecular weight excluding hydrogens is 306 g/mol. The number of ether oxygens (including phenoxy) is 1. The molecule has 0 aliphatic rings. The van der Waals surface area contributed by atoms with Crippen molar-refractivity contribution < 1.29 is 9.53 Å². The molecule has 0 spiro atoms. The summed E-state index contributed by atoms with van der Waals surface area (Å²) in [7, 11) is 0. The van der Waals surface area contributed by atoms with Gasteiger partial charge >= 0.3 is 5.97 Å². The van der Waals surface area contributed by atoms with E-state index in [4.69, 9.17) is 4.74 Å². The normalized spacial score (nSPS) is 14.6. The van der Waals surface area contributed by atoms with Gasteiger partial charge in [0.15, 0.2) is 5.54 Å². The Morgan fingerprint density at radius 2 is 1.83 bits per heavy atom. The van der Waals surface area contributed by atoms with Gasteiger partial charge in [0, 0.05) is 17.5 Å². The molecule has 2 aromatic rings. The fourth-order valence-electron chi connectivity index (χ4n) is 2.12. The van der Waals surface area contributed by atoms with Gasteiger partial charge in [0.1, 0.15) is 5.60 Å². The number of hydrogen-bond donors (Lipinski definition) is 0. The topological polar surface area (TPSA) is 38.7 Å². The van der Waals surface area contributed by atoms with Gasteiger partial charge in [0.25, 0.3) is 0 Å². The molecule has 23 heavy (non-hydrogen) atoms. The molecule has 1 heterocycles. The molecule has 122 valence electrons. The minimum atomic E-state index is -0.946. The first-order chi connectivity index (χ1) is 10.8. The van der Waals surface area contributed by atoms with E-state index >= 15 is 0 Å². The lowest BCUT2D eigenvalue weighted by molar-refractivity contribution is -0.160. The van der Waals surface area contributed by atoms with E-state index in [1.165, 1.54) is 0 Å². The van der Waals surface area contributed by atoms with Crippen LogP contribution in [0.4, 0.5) is 0 Å². The number of carbonyl (C=O) groups is 1. The van der Waals surface area contributed by atoms with Crippen molar-refractivity contribution in [3.8, 4) is 0 Å². The van der Waals surface area contributed by atoms with Crippen LogP contribution in [0, 0.1) is 0 Å². The molecule has 1 aromatic heterocycles. The summed E-state index contributed by atoms with van der Waals surface area (Å²) in [6.45, 7) is 7.45. The Morgan fingerprint density at radius 3 is 2.39 bits per heavy atom. The van der Waals surface area contributed by atoms with E-state index in [0.29, 0.717) is 6.42 Å². The molecule has 3 nitrogen and oxygen atoms in total. The lowest BCUT2D eigenvalue weighted by Gasteiger charge is -2.28. The molecule has 1 aromatic carbocycles. The Hall–Kier alpha value is -1.94. The number of benzene rings is 1. The summed E-state index contributed by atoms with van der Waals surface area (Å²) in [6, 6.07) is 13.8. The van der Waals surface area contributed by atoms with Gasteiger partial charge in [0.2, 0.25) is 0 Å². The monoisotopic (exact) mass is 329 g/mol. The van der Waals surface area contributed by atoms with E-state index < -0.39 is 11.1 Å². The molecule has 0 unspecified atom stereocenters. The number of thiophene rings is 1. The predicted molar refractivity (Wildman–Crippen MR) is 96.3 cm³/mol. The average molecular weight is 329 g/mol. The zero-order valence-electron chi connectivity index (χ0n) is 14.1. The minimum Gasteiger partial charge on any atom is -0.458 e. The van der Waals surface area contributed by atoms with Gasteiger partial charge in [-0.2, -0.15) is 0 Å². The summed E-state index contributed by atoms with van der Waals surface area (Å²) in [5.41, 5.74) is -0.421. The molecule has 0 saturated heterocycles. The lowest BCUT2D eigenvalue weighted by Crippen LogP contribution is -2.41. The molecule has 0 N–H and O–H groups in total. The van der Waals surface area contributed by atoms with Crippen molar-refractivity contribution in [2.24, 2.45) is 4.99 Å². The first-order valence-corrected chi connectivity index (χ1v) is 8.53. The van der Waals surface area contributed by atoms with E-state index in [0.717, 1.165) is 10.4 Å². The highest BCUT2D eigenvalue weighted by Crippen LogP contribution is 2.23. The van der Waals surface area contributed by atoms with Gasteiger partial charge in [-0.25, -0.2) is 4.79 Å². The van der Waals surface area contributed by atoms with Gasteiger partial charge in [-0.3, -0.25) is 4.99 Å². The Kier molecular flexibility index (Phi) is 5.37. The third-order valence-corrected chi connectivity index (χ3v) is 4.06. The second-order valence-corrected chi connectivity index (χ2v) is 7.69. The summed E-state index contributed by atoms with van der Waals surface area (Å²) < 4.78 is 5.60. The highest BCUT2D eigenvalue weighted by molar-refractivity contribution is 7.11. The number of aliphatic imine (C=N–C) groups is 1. The Balaban J connectivity index is 2.27. The summed E-state index contributed by atoms with van der Waals surface area (Å²) >= 11 is 1.59. The number of nitrogens with zero attached hydrogens (tertiary/aromatic N) is 1. The summed E-state index contributed by atoms with van der Waals surface area (Å²) in [6.07, 6.45) is 2.27. The van der Waals surface area contributed by atoms with E-state index in [-0.39, 0.29) is 5.97 Å². The molecule has 4 heteroatoms. The molecule has 0 radical (unpaired) electrons. The minimum absolute atomic E-state index is 0.304. The summed E-state index contributed by atoms with van der Waals surface area (Å²) in [5, 5.41) is 1.99. The van der Waals surface area contributed by atoms with Crippen LogP contribution in [0.5, 0.6) is 0 Å². The fraction of sp³-hybridized carbons (Fsp3) is 0.368. The quantitative estimate of drug-likeness (QED) is 0.598. The van der Waals surface area contributed by atoms with Crippen LogP contribution >= 0.6 is 11.3 Å². The Morgan fingerprint density at radius 1 is 1.13 bits per heavy atom. The van der Waals surface area contributed by atoms with E-state index in [1.54, 1.807) is 17.6 Å². The van der Waals surface area contributed by atoms with Crippen LogP contribution in [0.1, 0.15) is 38.1 Å². The van der Waals surface area contributed by atoms with Crippen molar-refractivity contribution in [3.05, 3.63) is 58.3 Å². The van der Waals surface area contributed by atoms with E-state index in [9.17, 15) is 4.79 Å². The number of carbonyl (C=O) groups excluding carboxylic acids is 1. The number of esters is 1. The maximum atomic E-state index is 12.7. The fourth-order valence-corrected chi connectivity index (χ4v) is 2.71. The Bertz CT molecular complexity index is 656. The van der Waals surface area contributed by atoms with Gasteiger partial charge in [-0.05, 0) is 44.7 Å². The van der Waals surface area contributed by atoms with Crippen LogP contribution in [0.3, 0.4) is 0 Å². The standard InChI is InChI=1S/C19H23NO2S/c1-18(2,3)22-17(21)19(4,13-15-9-6-5-7-10-15)20-14-16-11-8-12-23-16/h5-12,14H,13H2,1-4H3/t19-/m0/s1. The molecule has 0 saturated carbocycles. The SMILES string of the molecule is CC(C)(C)OC(=O)[C@](C)(Cc1ccccc1)N=Cc1cccs1. The average Bonchev–Trinajstić information content (AvgIpc) is 2.98. The summed E-state index contributed by atoms with van der Waals surface area (Å²) in [5.74, 6) is -0.304. The van der Waals surface area contributed by atoms with Crippen LogP contribution < -0.4 is 0 Å². The van der Waals surface area contributed by atoms with Crippen molar-refractivity contribution in [2.45, 2.75) is 45.3 Å². The van der Waals surface area contributed by atoms with Crippen LogP contribution in [0.2, 0.25) is 0 Å². The first-order valence-electron chi connectivity index (χ1n) is 7.65. The maximum Gasteiger partial charge on any atom is 0.334 e. The molecular formula is C19H23NO2S. The van der Waals surface area contributed by atoms with Gasteiger partial charge < -0.3 is 4.74 Å². The van der Waals surface area contributed by atoms with Crippen molar-refractivity contribution in [2.75, 3.05) is 0 Å². The molecule has 2 rings (SSSR count). The highest BCUT2D eigenvalue weighted by atomic mass is 32.1. The molecule has 0 fully saturated rings. The van der Waals surface area contributed by atoms with Crippen LogP contribution in [0.15, 0.2) is 52.8 Å². The maximum absolute atomic E-state index is 12.7. The first kappa shape index (κ1) is 17.4. The largest absolute Gasteiger partial charge is 0.458 e. The van der Waals surface area contributed by atoms with Gasteiger partial charge in [-0.1, -0.05) is 36.4 Å². The van der Waals surface area contributed by atoms with Gasteiger partial charge in [-0.15, -0.1) is 11.3 Å². The van der Waals surface area contributed by atoms with E-state index in [1.807, 2.05) is 75.5 Å². The van der Waals surface area contributed by atoms with Crippen molar-refractivity contribution in [3.63, 3.8) is 0 Å². The van der Waals surface area contributed by atoms with Crippen molar-refractivity contribution >= 4 is 23.5 Å². The van der Waals surface area contributed by atoms with Crippen LogP contribution in [-0.2, 0) is 16.0 Å². The van der Waals surface area contributed by atoms with Crippen LogP contribution in [-0.4, -0.2) is 23.3 Å².